The largest absolute Gasteiger partial charge is 0.396 e. The fraction of sp³-hybridized carbons (Fsp3) is 0.273. The zero-order valence-electron chi connectivity index (χ0n) is 11.1. The first kappa shape index (κ1) is 14.7. The molecule has 0 aliphatic heterocycles. The summed E-state index contributed by atoms with van der Waals surface area (Å²) in [5.74, 6) is -0.634. The minimum Gasteiger partial charge on any atom is -0.396 e. The number of benzene rings is 1. The fourth-order valence-corrected chi connectivity index (χ4v) is 4.16. The molecule has 9 heteroatoms. The second-order valence-electron chi connectivity index (χ2n) is 4.27. The van der Waals surface area contributed by atoms with Gasteiger partial charge in [0.05, 0.1) is 10.6 Å². The first-order valence-electron chi connectivity index (χ1n) is 5.60. The third kappa shape index (κ3) is 2.59. The molecule has 0 radical (unpaired) electrons. The molecule has 1 heterocycles. The molecule has 2 aromatic rings. The van der Waals surface area contributed by atoms with Crippen molar-refractivity contribution in [2.45, 2.75) is 25.7 Å². The van der Waals surface area contributed by atoms with Crippen LogP contribution in [0, 0.1) is 26.6 Å². The van der Waals surface area contributed by atoms with Gasteiger partial charge in [0.1, 0.15) is 10.8 Å². The van der Waals surface area contributed by atoms with E-state index in [1.54, 1.807) is 6.92 Å². The van der Waals surface area contributed by atoms with Gasteiger partial charge in [-0.05, 0) is 38.0 Å². The number of rotatable bonds is 3. The Morgan fingerprint density at radius 2 is 1.95 bits per heavy atom. The van der Waals surface area contributed by atoms with E-state index in [9.17, 15) is 12.8 Å². The van der Waals surface area contributed by atoms with Crippen LogP contribution in [0.4, 0.5) is 15.2 Å². The fourth-order valence-electron chi connectivity index (χ4n) is 1.85. The van der Waals surface area contributed by atoms with Gasteiger partial charge in [0, 0.05) is 0 Å². The van der Waals surface area contributed by atoms with Gasteiger partial charge in [-0.1, -0.05) is 11.3 Å². The SMILES string of the molecule is Cc1nnc(NS(=O)(=O)c2c(C)cc(F)c(N)c2C)s1. The molecule has 0 aliphatic rings. The summed E-state index contributed by atoms with van der Waals surface area (Å²) < 4.78 is 40.5. The third-order valence-electron chi connectivity index (χ3n) is 2.72. The molecule has 0 bridgehead atoms. The zero-order valence-corrected chi connectivity index (χ0v) is 12.7. The van der Waals surface area contributed by atoms with Crippen LogP contribution >= 0.6 is 11.3 Å². The number of halogens is 1. The van der Waals surface area contributed by atoms with Crippen LogP contribution in [0.3, 0.4) is 0 Å². The smallest absolute Gasteiger partial charge is 0.264 e. The van der Waals surface area contributed by atoms with Crippen LogP contribution in [0.2, 0.25) is 0 Å². The lowest BCUT2D eigenvalue weighted by molar-refractivity contribution is 0.598. The van der Waals surface area contributed by atoms with E-state index in [0.717, 1.165) is 17.4 Å². The van der Waals surface area contributed by atoms with Gasteiger partial charge in [0.2, 0.25) is 5.13 Å². The molecular weight excluding hydrogens is 303 g/mol. The second kappa shape index (κ2) is 4.98. The molecule has 1 aromatic heterocycles. The number of aromatic nitrogens is 2. The van der Waals surface area contributed by atoms with Crippen molar-refractivity contribution in [2.24, 2.45) is 0 Å². The summed E-state index contributed by atoms with van der Waals surface area (Å²) in [6, 6.07) is 1.10. The summed E-state index contributed by atoms with van der Waals surface area (Å²) in [7, 11) is -3.89. The Balaban J connectivity index is 2.52. The normalized spacial score (nSPS) is 11.6. The van der Waals surface area contributed by atoms with E-state index in [4.69, 9.17) is 5.73 Å². The molecule has 0 saturated carbocycles. The Bertz CT molecular complexity index is 771. The Morgan fingerprint density at radius 3 is 2.50 bits per heavy atom. The second-order valence-corrected chi connectivity index (χ2v) is 7.08. The van der Waals surface area contributed by atoms with Crippen molar-refractivity contribution in [3.05, 3.63) is 28.0 Å². The molecule has 0 saturated heterocycles. The topological polar surface area (TPSA) is 98.0 Å². The van der Waals surface area contributed by atoms with Crippen molar-refractivity contribution >= 4 is 32.2 Å². The third-order valence-corrected chi connectivity index (χ3v) is 5.23. The van der Waals surface area contributed by atoms with Gasteiger partial charge in [-0.2, -0.15) is 0 Å². The Morgan fingerprint density at radius 1 is 1.30 bits per heavy atom. The van der Waals surface area contributed by atoms with Gasteiger partial charge < -0.3 is 5.73 Å². The van der Waals surface area contributed by atoms with Crippen LogP contribution in [0.25, 0.3) is 0 Å². The number of nitrogen functional groups attached to an aromatic ring is 1. The van der Waals surface area contributed by atoms with Gasteiger partial charge in [-0.15, -0.1) is 10.2 Å². The van der Waals surface area contributed by atoms with Crippen molar-refractivity contribution in [2.75, 3.05) is 10.5 Å². The van der Waals surface area contributed by atoms with Crippen molar-refractivity contribution < 1.29 is 12.8 Å². The van der Waals surface area contributed by atoms with E-state index >= 15 is 0 Å². The summed E-state index contributed by atoms with van der Waals surface area (Å²) in [5, 5.41) is 8.22. The van der Waals surface area contributed by atoms with Gasteiger partial charge >= 0.3 is 0 Å². The van der Waals surface area contributed by atoms with Crippen molar-refractivity contribution in [1.82, 2.24) is 10.2 Å². The molecule has 0 spiro atoms. The molecule has 0 aliphatic carbocycles. The first-order chi connectivity index (χ1) is 9.22. The highest BCUT2D eigenvalue weighted by atomic mass is 32.2. The average Bonchev–Trinajstić information content (AvgIpc) is 2.70. The maximum Gasteiger partial charge on any atom is 0.264 e. The molecular formula is C11H13FN4O2S2. The van der Waals surface area contributed by atoms with Crippen molar-refractivity contribution in [3.63, 3.8) is 0 Å². The molecule has 20 heavy (non-hydrogen) atoms. The summed E-state index contributed by atoms with van der Waals surface area (Å²) in [6.45, 7) is 4.68. The maximum atomic E-state index is 13.5. The molecule has 2 rings (SSSR count). The van der Waals surface area contributed by atoms with Gasteiger partial charge in [-0.25, -0.2) is 12.8 Å². The monoisotopic (exact) mass is 316 g/mol. The maximum absolute atomic E-state index is 13.5. The van der Waals surface area contributed by atoms with Crippen LogP contribution in [-0.4, -0.2) is 18.6 Å². The molecule has 6 nitrogen and oxygen atoms in total. The predicted molar refractivity (Wildman–Crippen MR) is 75.7 cm³/mol. The number of aryl methyl sites for hydroxylation is 2. The van der Waals surface area contributed by atoms with E-state index in [0.29, 0.717) is 5.01 Å². The first-order valence-corrected chi connectivity index (χ1v) is 7.90. The van der Waals surface area contributed by atoms with Crippen molar-refractivity contribution in [3.8, 4) is 0 Å². The van der Waals surface area contributed by atoms with E-state index < -0.39 is 15.8 Å². The molecule has 0 atom stereocenters. The van der Waals surface area contributed by atoms with Crippen molar-refractivity contribution in [1.29, 1.82) is 0 Å². The highest BCUT2D eigenvalue weighted by molar-refractivity contribution is 7.93. The number of sulfonamides is 1. The molecule has 3 N–H and O–H groups in total. The molecule has 1 aromatic carbocycles. The van der Waals surface area contributed by atoms with Crippen LogP contribution in [0.15, 0.2) is 11.0 Å². The summed E-state index contributed by atoms with van der Waals surface area (Å²) in [5.41, 5.74) is 5.83. The number of nitrogens with one attached hydrogen (secondary N) is 1. The molecule has 0 amide bonds. The number of nitrogens with zero attached hydrogens (tertiary/aromatic N) is 2. The van der Waals surface area contributed by atoms with E-state index in [-0.39, 0.29) is 26.8 Å². The van der Waals surface area contributed by atoms with Gasteiger partial charge in [-0.3, -0.25) is 4.72 Å². The number of hydrogen-bond acceptors (Lipinski definition) is 6. The van der Waals surface area contributed by atoms with Crippen LogP contribution in [0.1, 0.15) is 16.1 Å². The highest BCUT2D eigenvalue weighted by Gasteiger charge is 2.24. The highest BCUT2D eigenvalue weighted by Crippen LogP contribution is 2.29. The molecule has 108 valence electrons. The van der Waals surface area contributed by atoms with E-state index in [1.165, 1.54) is 13.8 Å². The minimum absolute atomic E-state index is 0.0377. The van der Waals surface area contributed by atoms with Crippen LogP contribution in [-0.2, 0) is 10.0 Å². The zero-order chi connectivity index (χ0) is 15.1. The summed E-state index contributed by atoms with van der Waals surface area (Å²) in [4.78, 5) is -0.0377. The average molecular weight is 316 g/mol. The Hall–Kier alpha value is -1.74. The quantitative estimate of drug-likeness (QED) is 0.844. The number of nitrogens with two attached hydrogens (primary N) is 1. The lowest BCUT2D eigenvalue weighted by atomic mass is 10.1. The molecule has 0 fully saturated rings. The minimum atomic E-state index is -3.89. The van der Waals surface area contributed by atoms with Gasteiger partial charge in [0.25, 0.3) is 10.0 Å². The molecule has 0 unspecified atom stereocenters. The Labute approximate surface area is 119 Å². The Kier molecular flexibility index (Phi) is 3.65. The van der Waals surface area contributed by atoms with E-state index in [1.807, 2.05) is 0 Å². The number of hydrogen-bond donors (Lipinski definition) is 2. The predicted octanol–water partition coefficient (Wildman–Crippen LogP) is 1.99. The lowest BCUT2D eigenvalue weighted by Crippen LogP contribution is -2.17. The van der Waals surface area contributed by atoms with Crippen LogP contribution < -0.4 is 10.5 Å². The van der Waals surface area contributed by atoms with Gasteiger partial charge in [0.15, 0.2) is 0 Å². The summed E-state index contributed by atoms with van der Waals surface area (Å²) in [6.07, 6.45) is 0. The summed E-state index contributed by atoms with van der Waals surface area (Å²) >= 11 is 1.11. The van der Waals surface area contributed by atoms with Crippen LogP contribution in [0.5, 0.6) is 0 Å². The standard InChI is InChI=1S/C11H13FN4O2S2/c1-5-4-8(12)9(13)6(2)10(5)20(17,18)16-11-15-14-7(3)19-11/h4H,13H2,1-3H3,(H,15,16). The lowest BCUT2D eigenvalue weighted by Gasteiger charge is -2.13. The van der Waals surface area contributed by atoms with E-state index in [2.05, 4.69) is 14.9 Å². The number of anilines is 2.